The zero-order valence-electron chi connectivity index (χ0n) is 17.4. The smallest absolute Gasteiger partial charge is 0.251 e. The zero-order valence-corrected chi connectivity index (χ0v) is 19.3. The summed E-state index contributed by atoms with van der Waals surface area (Å²) in [4.78, 5) is 30.5. The predicted molar refractivity (Wildman–Crippen MR) is 124 cm³/mol. The van der Waals surface area contributed by atoms with Crippen LogP contribution in [0.15, 0.2) is 36.5 Å². The van der Waals surface area contributed by atoms with Gasteiger partial charge in [0.25, 0.3) is 5.91 Å². The molecule has 0 spiro atoms. The van der Waals surface area contributed by atoms with Crippen LogP contribution < -0.4 is 10.6 Å². The first-order valence-corrected chi connectivity index (χ1v) is 11.0. The number of halogens is 1. The van der Waals surface area contributed by atoms with Crippen LogP contribution in [0.5, 0.6) is 0 Å². The summed E-state index contributed by atoms with van der Waals surface area (Å²) in [5, 5.41) is 4.12. The number of hydrogen-bond donors (Lipinski definition) is 1. The molecule has 4 rings (SSSR count). The van der Waals surface area contributed by atoms with E-state index in [0.717, 1.165) is 27.9 Å². The van der Waals surface area contributed by atoms with Crippen molar-refractivity contribution in [2.45, 2.75) is 19.4 Å². The quantitative estimate of drug-likeness (QED) is 0.609. The first-order chi connectivity index (χ1) is 14.9. The van der Waals surface area contributed by atoms with Crippen LogP contribution in [0.4, 0.5) is 0 Å². The summed E-state index contributed by atoms with van der Waals surface area (Å²) >= 11 is 6.20. The summed E-state index contributed by atoms with van der Waals surface area (Å²) in [6, 6.07) is 9.16. The average Bonchev–Trinajstić information content (AvgIpc) is 3.10. The largest absolute Gasteiger partial charge is 0.374 e. The first kappa shape index (κ1) is 21.8. The highest BCUT2D eigenvalue weighted by Gasteiger charge is 2.26. The summed E-state index contributed by atoms with van der Waals surface area (Å²) in [7, 11) is 4.30. The molecule has 1 aromatic carbocycles. The van der Waals surface area contributed by atoms with Crippen LogP contribution in [0, 0.1) is 0 Å². The highest BCUT2D eigenvalue weighted by atomic mass is 35.5. The predicted octanol–water partition coefficient (Wildman–Crippen LogP) is 2.30. The van der Waals surface area contributed by atoms with Gasteiger partial charge in [0.15, 0.2) is 0 Å². The van der Waals surface area contributed by atoms with E-state index in [4.69, 9.17) is 21.3 Å². The van der Waals surface area contributed by atoms with Gasteiger partial charge < -0.3 is 19.4 Å². The lowest BCUT2D eigenvalue weighted by Gasteiger charge is -2.32. The summed E-state index contributed by atoms with van der Waals surface area (Å²) < 4.78 is 7.98. The number of aromatic nitrogens is 2. The van der Waals surface area contributed by atoms with E-state index in [0.29, 0.717) is 36.7 Å². The molecule has 1 aliphatic heterocycles. The van der Waals surface area contributed by atoms with Crippen molar-refractivity contribution in [2.75, 3.05) is 26.7 Å². The highest BCUT2D eigenvalue weighted by molar-refractivity contribution is 7.28. The van der Waals surface area contributed by atoms with E-state index in [9.17, 15) is 9.59 Å². The Hall–Kier alpha value is -2.47. The molecule has 7 nitrogen and oxygen atoms in total. The highest BCUT2D eigenvalue weighted by Crippen LogP contribution is 2.28. The molecule has 2 amide bonds. The molecule has 1 saturated heterocycles. The van der Waals surface area contributed by atoms with Crippen LogP contribution in [-0.4, -0.2) is 58.9 Å². The molecular weight excluding hydrogens is 435 g/mol. The number of hydrogen-bond acceptors (Lipinski definition) is 4. The number of nitrogens with zero attached hydrogens (tertiary/aromatic N) is 3. The minimum absolute atomic E-state index is 0.0514. The molecule has 2 atom stereocenters. The van der Waals surface area contributed by atoms with Gasteiger partial charge in [0.1, 0.15) is 5.65 Å². The van der Waals surface area contributed by atoms with Crippen LogP contribution in [0.2, 0.25) is 5.02 Å². The second-order valence-corrected chi connectivity index (χ2v) is 8.58. The van der Waals surface area contributed by atoms with Crippen molar-refractivity contribution in [3.8, 4) is 11.3 Å². The third-order valence-corrected chi connectivity index (χ3v) is 6.20. The third-order valence-electron chi connectivity index (χ3n) is 5.49. The lowest BCUT2D eigenvalue weighted by molar-refractivity contribution is -0.136. The van der Waals surface area contributed by atoms with E-state index >= 15 is 0 Å². The van der Waals surface area contributed by atoms with Gasteiger partial charge in [-0.25, -0.2) is 4.98 Å². The lowest BCUT2D eigenvalue weighted by Crippen LogP contribution is -2.45. The summed E-state index contributed by atoms with van der Waals surface area (Å²) in [5.74, 6) is -0.0901. The fourth-order valence-electron chi connectivity index (χ4n) is 3.89. The van der Waals surface area contributed by atoms with E-state index in [-0.39, 0.29) is 17.9 Å². The second kappa shape index (κ2) is 8.95. The number of amides is 2. The SMILES string of the molecule is CNC(=O)c1ccc(-c2nc3cc(Cl)ccn3c2C[C@H]2CN(C(C)=O)CCO2)c(P)c1. The third kappa shape index (κ3) is 4.45. The number of benzene rings is 1. The maximum absolute atomic E-state index is 12.0. The molecule has 31 heavy (non-hydrogen) atoms. The molecule has 9 heteroatoms. The van der Waals surface area contributed by atoms with Gasteiger partial charge in [-0.1, -0.05) is 17.7 Å². The van der Waals surface area contributed by atoms with Crippen LogP contribution in [0.25, 0.3) is 16.9 Å². The normalized spacial score (nSPS) is 16.5. The number of fused-ring (bicyclic) bond motifs is 1. The monoisotopic (exact) mass is 458 g/mol. The Labute approximate surface area is 187 Å². The van der Waals surface area contributed by atoms with Gasteiger partial charge in [0.2, 0.25) is 5.91 Å². The van der Waals surface area contributed by atoms with Gasteiger partial charge in [-0.3, -0.25) is 9.59 Å². The molecule has 0 saturated carbocycles. The molecule has 1 unspecified atom stereocenters. The number of pyridine rings is 1. The fourth-order valence-corrected chi connectivity index (χ4v) is 4.46. The topological polar surface area (TPSA) is 75.9 Å². The van der Waals surface area contributed by atoms with Gasteiger partial charge in [-0.05, 0) is 23.5 Å². The Morgan fingerprint density at radius 1 is 1.32 bits per heavy atom. The number of imidazole rings is 1. The number of nitrogens with one attached hydrogen (secondary N) is 1. The second-order valence-electron chi connectivity index (χ2n) is 7.52. The maximum Gasteiger partial charge on any atom is 0.251 e. The van der Waals surface area contributed by atoms with Crippen LogP contribution in [0.3, 0.4) is 0 Å². The van der Waals surface area contributed by atoms with Gasteiger partial charge in [-0.15, -0.1) is 9.24 Å². The molecule has 3 aromatic rings. The molecule has 1 fully saturated rings. The molecule has 0 radical (unpaired) electrons. The maximum atomic E-state index is 12.0. The minimum Gasteiger partial charge on any atom is -0.374 e. The Bertz CT molecular complexity index is 1160. The van der Waals surface area contributed by atoms with Crippen molar-refractivity contribution in [2.24, 2.45) is 0 Å². The fraction of sp³-hybridized carbons (Fsp3) is 0.318. The van der Waals surface area contributed by atoms with Crippen LogP contribution in [0.1, 0.15) is 23.0 Å². The summed E-state index contributed by atoms with van der Waals surface area (Å²) in [6.45, 7) is 3.24. The molecule has 2 aromatic heterocycles. The minimum atomic E-state index is -0.141. The first-order valence-electron chi connectivity index (χ1n) is 10.0. The van der Waals surface area contributed by atoms with E-state index in [2.05, 4.69) is 14.6 Å². The number of morpholine rings is 1. The van der Waals surface area contributed by atoms with Crippen LogP contribution in [-0.2, 0) is 16.0 Å². The number of carbonyl (C=O) groups excluding carboxylic acids is 2. The van der Waals surface area contributed by atoms with Crippen molar-refractivity contribution >= 4 is 43.6 Å². The summed E-state index contributed by atoms with van der Waals surface area (Å²) in [6.07, 6.45) is 2.35. The van der Waals surface area contributed by atoms with E-state index in [1.165, 1.54) is 0 Å². The van der Waals surface area contributed by atoms with Crippen LogP contribution >= 0.6 is 20.8 Å². The Kier molecular flexibility index (Phi) is 6.28. The Balaban J connectivity index is 1.77. The van der Waals surface area contributed by atoms with Gasteiger partial charge in [0, 0.05) is 61.9 Å². The van der Waals surface area contributed by atoms with Crippen molar-refractivity contribution in [3.05, 3.63) is 52.8 Å². The van der Waals surface area contributed by atoms with E-state index < -0.39 is 0 Å². The molecule has 3 heterocycles. The van der Waals surface area contributed by atoms with Crippen molar-refractivity contribution < 1.29 is 14.3 Å². The average molecular weight is 459 g/mol. The molecular formula is C22H24ClN4O3P. The van der Waals surface area contributed by atoms with E-state index in [1.54, 1.807) is 20.0 Å². The molecule has 0 bridgehead atoms. The van der Waals surface area contributed by atoms with Crippen molar-refractivity contribution in [1.29, 1.82) is 0 Å². The Morgan fingerprint density at radius 3 is 2.84 bits per heavy atom. The molecule has 162 valence electrons. The molecule has 0 aliphatic carbocycles. The standard InChI is InChI=1S/C22H24ClN4O3P/c1-13(28)26-7-8-30-16(12-26)11-18-21(25-20-10-15(23)5-6-27(18)20)17-4-3-14(9-19(17)31)22(29)24-2/h3-6,9-10,16H,7-8,11-12,31H2,1-2H3,(H,24,29)/t16-/m0/s1. The number of rotatable bonds is 4. The van der Waals surface area contributed by atoms with Crippen molar-refractivity contribution in [3.63, 3.8) is 0 Å². The molecule has 1 N–H and O–H groups in total. The van der Waals surface area contributed by atoms with Gasteiger partial charge >= 0.3 is 0 Å². The lowest BCUT2D eigenvalue weighted by atomic mass is 10.0. The van der Waals surface area contributed by atoms with Gasteiger partial charge in [0.05, 0.1) is 24.1 Å². The summed E-state index contributed by atoms with van der Waals surface area (Å²) in [5.41, 5.74) is 4.00. The van der Waals surface area contributed by atoms with Gasteiger partial charge in [-0.2, -0.15) is 0 Å². The van der Waals surface area contributed by atoms with Crippen molar-refractivity contribution in [1.82, 2.24) is 19.6 Å². The zero-order chi connectivity index (χ0) is 22.1. The van der Waals surface area contributed by atoms with E-state index in [1.807, 2.05) is 39.8 Å². The Morgan fingerprint density at radius 2 is 2.13 bits per heavy atom. The molecule has 1 aliphatic rings. The number of carbonyl (C=O) groups is 2. The number of ether oxygens (including phenoxy) is 1.